The van der Waals surface area contributed by atoms with Gasteiger partial charge in [-0.25, -0.2) is 4.39 Å². The van der Waals surface area contributed by atoms with Gasteiger partial charge in [0.25, 0.3) is 0 Å². The average molecular weight is 246 g/mol. The highest BCUT2D eigenvalue weighted by molar-refractivity contribution is 5.67. The van der Waals surface area contributed by atoms with Crippen molar-refractivity contribution in [1.82, 2.24) is 4.98 Å². The molecular weight excluding hydrogens is 231 g/mol. The molecule has 1 heterocycles. The van der Waals surface area contributed by atoms with Gasteiger partial charge in [-0.2, -0.15) is 0 Å². The third kappa shape index (κ3) is 2.33. The summed E-state index contributed by atoms with van der Waals surface area (Å²) in [7, 11) is 1.54. The smallest absolute Gasteiger partial charge is 0.145 e. The number of nitrogens with two attached hydrogens (primary N) is 1. The van der Waals surface area contributed by atoms with Crippen LogP contribution in [0.5, 0.6) is 5.75 Å². The number of hydrogen-bond acceptors (Lipinski definition) is 3. The van der Waals surface area contributed by atoms with Gasteiger partial charge < -0.3 is 10.5 Å². The Hall–Kier alpha value is -1.94. The largest absolute Gasteiger partial charge is 0.494 e. The van der Waals surface area contributed by atoms with Crippen molar-refractivity contribution in [2.75, 3.05) is 7.11 Å². The van der Waals surface area contributed by atoms with Crippen LogP contribution in [0.15, 0.2) is 36.5 Å². The molecule has 0 aliphatic carbocycles. The average Bonchev–Trinajstić information content (AvgIpc) is 2.39. The minimum absolute atomic E-state index is 0.154. The van der Waals surface area contributed by atoms with Gasteiger partial charge in [0, 0.05) is 17.8 Å². The molecule has 3 nitrogen and oxygen atoms in total. The molecule has 1 aromatic heterocycles. The Bertz CT molecular complexity index is 555. The monoisotopic (exact) mass is 246 g/mol. The molecule has 0 aliphatic heterocycles. The molecule has 0 aliphatic rings. The molecule has 2 aromatic rings. The maximum absolute atomic E-state index is 13.9. The van der Waals surface area contributed by atoms with Gasteiger partial charge in [0.1, 0.15) is 17.3 Å². The van der Waals surface area contributed by atoms with Crippen LogP contribution in [0.2, 0.25) is 0 Å². The number of benzene rings is 1. The Morgan fingerprint density at radius 2 is 2.11 bits per heavy atom. The minimum atomic E-state index is -0.337. The van der Waals surface area contributed by atoms with Gasteiger partial charge in [-0.1, -0.05) is 6.07 Å². The topological polar surface area (TPSA) is 48.1 Å². The minimum Gasteiger partial charge on any atom is -0.494 e. The molecule has 94 valence electrons. The molecule has 1 atom stereocenters. The Morgan fingerprint density at radius 3 is 2.78 bits per heavy atom. The second-order valence-electron chi connectivity index (χ2n) is 4.08. The van der Waals surface area contributed by atoms with Crippen molar-refractivity contribution < 1.29 is 9.13 Å². The third-order valence-electron chi connectivity index (χ3n) is 2.76. The first-order valence-electron chi connectivity index (χ1n) is 5.68. The molecule has 0 bridgehead atoms. The van der Waals surface area contributed by atoms with Gasteiger partial charge in [0.15, 0.2) is 0 Å². The van der Waals surface area contributed by atoms with Crippen molar-refractivity contribution in [2.45, 2.75) is 13.0 Å². The van der Waals surface area contributed by atoms with E-state index in [1.165, 1.54) is 13.2 Å². The predicted octanol–water partition coefficient (Wildman–Crippen LogP) is 2.92. The van der Waals surface area contributed by atoms with Crippen molar-refractivity contribution in [3.63, 3.8) is 0 Å². The number of ether oxygens (including phenoxy) is 1. The Kier molecular flexibility index (Phi) is 3.58. The standard InChI is InChI=1S/C14H15FN2O/c1-9(16)10-5-6-12(15)11(8-10)14-13(18-2)4-3-7-17-14/h3-9H,16H2,1-2H3. The van der Waals surface area contributed by atoms with Gasteiger partial charge >= 0.3 is 0 Å². The number of pyridine rings is 1. The summed E-state index contributed by atoms with van der Waals surface area (Å²) in [4.78, 5) is 4.18. The summed E-state index contributed by atoms with van der Waals surface area (Å²) in [6, 6.07) is 8.14. The molecule has 2 N–H and O–H groups in total. The molecule has 0 saturated heterocycles. The first-order chi connectivity index (χ1) is 8.63. The Labute approximate surface area is 105 Å². The van der Waals surface area contributed by atoms with E-state index in [0.717, 1.165) is 5.56 Å². The van der Waals surface area contributed by atoms with Gasteiger partial charge in [-0.05, 0) is 36.8 Å². The van der Waals surface area contributed by atoms with Gasteiger partial charge in [0.05, 0.1) is 7.11 Å². The molecule has 1 unspecified atom stereocenters. The van der Waals surface area contributed by atoms with E-state index >= 15 is 0 Å². The van der Waals surface area contributed by atoms with Crippen LogP contribution in [0.4, 0.5) is 4.39 Å². The van der Waals surface area contributed by atoms with Crippen molar-refractivity contribution in [3.8, 4) is 17.0 Å². The maximum atomic E-state index is 13.9. The first-order valence-corrected chi connectivity index (χ1v) is 5.68. The number of rotatable bonds is 3. The summed E-state index contributed by atoms with van der Waals surface area (Å²) in [5.74, 6) is 0.203. The van der Waals surface area contributed by atoms with E-state index in [-0.39, 0.29) is 11.9 Å². The predicted molar refractivity (Wildman–Crippen MR) is 68.8 cm³/mol. The van der Waals surface area contributed by atoms with Crippen LogP contribution in [0.25, 0.3) is 11.3 Å². The summed E-state index contributed by atoms with van der Waals surface area (Å²) in [5, 5.41) is 0. The quantitative estimate of drug-likeness (QED) is 0.905. The summed E-state index contributed by atoms with van der Waals surface area (Å²) in [6.07, 6.45) is 1.61. The molecule has 0 fully saturated rings. The molecule has 0 spiro atoms. The van der Waals surface area contributed by atoms with Gasteiger partial charge in [-0.3, -0.25) is 4.98 Å². The van der Waals surface area contributed by atoms with Crippen LogP contribution in [0.3, 0.4) is 0 Å². The fraction of sp³-hybridized carbons (Fsp3) is 0.214. The van der Waals surface area contributed by atoms with E-state index in [1.807, 2.05) is 6.92 Å². The van der Waals surface area contributed by atoms with E-state index in [0.29, 0.717) is 17.0 Å². The van der Waals surface area contributed by atoms with Crippen LogP contribution in [0, 0.1) is 5.82 Å². The summed E-state index contributed by atoms with van der Waals surface area (Å²) < 4.78 is 19.1. The number of aromatic nitrogens is 1. The lowest BCUT2D eigenvalue weighted by molar-refractivity contribution is 0.414. The zero-order valence-electron chi connectivity index (χ0n) is 10.4. The first kappa shape index (κ1) is 12.5. The lowest BCUT2D eigenvalue weighted by atomic mass is 10.0. The molecule has 0 saturated carbocycles. The fourth-order valence-corrected chi connectivity index (χ4v) is 1.77. The number of nitrogens with zero attached hydrogens (tertiary/aromatic N) is 1. The molecule has 0 amide bonds. The maximum Gasteiger partial charge on any atom is 0.145 e. The molecule has 4 heteroatoms. The number of halogens is 1. The highest BCUT2D eigenvalue weighted by atomic mass is 19.1. The van der Waals surface area contributed by atoms with E-state index in [4.69, 9.17) is 10.5 Å². The Morgan fingerprint density at radius 1 is 1.33 bits per heavy atom. The normalized spacial score (nSPS) is 12.2. The summed E-state index contributed by atoms with van der Waals surface area (Å²) in [6.45, 7) is 1.85. The second-order valence-corrected chi connectivity index (χ2v) is 4.08. The van der Waals surface area contributed by atoms with Crippen molar-refractivity contribution >= 4 is 0 Å². The zero-order chi connectivity index (χ0) is 13.1. The fourth-order valence-electron chi connectivity index (χ4n) is 1.77. The lowest BCUT2D eigenvalue weighted by Gasteiger charge is -2.11. The van der Waals surface area contributed by atoms with E-state index < -0.39 is 0 Å². The van der Waals surface area contributed by atoms with Crippen molar-refractivity contribution in [3.05, 3.63) is 47.9 Å². The highest BCUT2D eigenvalue weighted by Gasteiger charge is 2.13. The molecule has 18 heavy (non-hydrogen) atoms. The molecule has 0 radical (unpaired) electrons. The number of methoxy groups -OCH3 is 1. The van der Waals surface area contributed by atoms with E-state index in [1.54, 1.807) is 30.5 Å². The third-order valence-corrected chi connectivity index (χ3v) is 2.76. The number of hydrogen-bond donors (Lipinski definition) is 1. The van der Waals surface area contributed by atoms with Gasteiger partial charge in [-0.15, -0.1) is 0 Å². The van der Waals surface area contributed by atoms with Gasteiger partial charge in [0.2, 0.25) is 0 Å². The second kappa shape index (κ2) is 5.14. The van der Waals surface area contributed by atoms with Crippen LogP contribution in [-0.4, -0.2) is 12.1 Å². The Balaban J connectivity index is 2.59. The van der Waals surface area contributed by atoms with Crippen molar-refractivity contribution in [1.29, 1.82) is 0 Å². The van der Waals surface area contributed by atoms with Crippen LogP contribution >= 0.6 is 0 Å². The molecular formula is C14H15FN2O. The van der Waals surface area contributed by atoms with Crippen LogP contribution in [-0.2, 0) is 0 Å². The van der Waals surface area contributed by atoms with Crippen molar-refractivity contribution in [2.24, 2.45) is 5.73 Å². The molecule has 1 aromatic carbocycles. The lowest BCUT2D eigenvalue weighted by Crippen LogP contribution is -2.05. The van der Waals surface area contributed by atoms with E-state index in [2.05, 4.69) is 4.98 Å². The zero-order valence-corrected chi connectivity index (χ0v) is 10.4. The van der Waals surface area contributed by atoms with E-state index in [9.17, 15) is 4.39 Å². The van der Waals surface area contributed by atoms with Crippen LogP contribution in [0.1, 0.15) is 18.5 Å². The van der Waals surface area contributed by atoms with Crippen LogP contribution < -0.4 is 10.5 Å². The highest BCUT2D eigenvalue weighted by Crippen LogP contribution is 2.30. The summed E-state index contributed by atoms with van der Waals surface area (Å²) >= 11 is 0. The SMILES string of the molecule is COc1cccnc1-c1cc(C(C)N)ccc1F. The summed E-state index contributed by atoms with van der Waals surface area (Å²) in [5.41, 5.74) is 7.56. The molecule has 2 rings (SSSR count).